The Morgan fingerprint density at radius 3 is 2.02 bits per heavy atom. The molecule has 0 aliphatic rings. The molecule has 0 spiro atoms. The molecule has 2 N–H and O–H groups in total. The van der Waals surface area contributed by atoms with Crippen LogP contribution < -0.4 is 14.3 Å². The molecule has 0 fully saturated rings. The monoisotopic (exact) mass is 651 g/mol. The second-order valence-corrected chi connectivity index (χ2v) is 13.9. The van der Waals surface area contributed by atoms with Gasteiger partial charge < -0.3 is 5.32 Å². The van der Waals surface area contributed by atoms with E-state index in [1.165, 1.54) is 60.7 Å². The summed E-state index contributed by atoms with van der Waals surface area (Å²) in [4.78, 5) is 13.0. The van der Waals surface area contributed by atoms with Crippen molar-refractivity contribution in [2.45, 2.75) is 23.6 Å². The van der Waals surface area contributed by atoms with E-state index in [9.17, 15) is 21.6 Å². The molecule has 8 nitrogen and oxygen atoms in total. The van der Waals surface area contributed by atoms with E-state index in [0.717, 1.165) is 9.87 Å². The summed E-state index contributed by atoms with van der Waals surface area (Å²) in [5.41, 5.74) is 2.29. The Labute approximate surface area is 254 Å². The summed E-state index contributed by atoms with van der Waals surface area (Å²) >= 11 is 18.2. The molecular formula is C28H24Cl3N3O5S2. The molecule has 0 saturated heterocycles. The van der Waals surface area contributed by atoms with Crippen LogP contribution in [0, 0.1) is 13.8 Å². The van der Waals surface area contributed by atoms with Gasteiger partial charge in [-0.05, 0) is 86.1 Å². The second-order valence-electron chi connectivity index (χ2n) is 9.06. The van der Waals surface area contributed by atoms with E-state index in [2.05, 4.69) is 10.0 Å². The standard InChI is InChI=1S/C28H24Cl3N3O5S2/c1-18-3-10-24(11-4-18)41(38,39)34(22-9-14-25(30)26(31)16-22)17-28(35)32-21-7-12-23(13-8-21)40(36,37)33-27-15-20(29)6-5-19(27)2/h3-16,33H,17H2,1-2H3,(H,32,35). The lowest BCUT2D eigenvalue weighted by Gasteiger charge is -2.24. The Balaban J connectivity index is 1.55. The van der Waals surface area contributed by atoms with Crippen molar-refractivity contribution in [3.63, 3.8) is 0 Å². The van der Waals surface area contributed by atoms with E-state index in [4.69, 9.17) is 34.8 Å². The fraction of sp³-hybridized carbons (Fsp3) is 0.107. The van der Waals surface area contributed by atoms with Gasteiger partial charge in [0, 0.05) is 10.7 Å². The molecule has 4 rings (SSSR count). The number of hydrogen-bond acceptors (Lipinski definition) is 5. The van der Waals surface area contributed by atoms with Crippen LogP contribution in [0.2, 0.25) is 15.1 Å². The van der Waals surface area contributed by atoms with Crippen molar-refractivity contribution < 1.29 is 21.6 Å². The van der Waals surface area contributed by atoms with Crippen LogP contribution in [0.25, 0.3) is 0 Å². The summed E-state index contributed by atoms with van der Waals surface area (Å²) in [6, 6.07) is 20.7. The molecule has 0 unspecified atom stereocenters. The highest BCUT2D eigenvalue weighted by Crippen LogP contribution is 2.31. The number of halogens is 3. The van der Waals surface area contributed by atoms with Gasteiger partial charge in [0.05, 0.1) is 31.2 Å². The number of sulfonamides is 2. The lowest BCUT2D eigenvalue weighted by atomic mass is 10.2. The summed E-state index contributed by atoms with van der Waals surface area (Å²) in [6.45, 7) is 2.97. The quantitative estimate of drug-likeness (QED) is 0.204. The Kier molecular flexibility index (Phi) is 9.20. The molecule has 0 bridgehead atoms. The van der Waals surface area contributed by atoms with Gasteiger partial charge in [0.15, 0.2) is 0 Å². The zero-order valence-electron chi connectivity index (χ0n) is 21.7. The SMILES string of the molecule is Cc1ccc(S(=O)(=O)N(CC(=O)Nc2ccc(S(=O)(=O)Nc3cc(Cl)ccc3C)cc2)c2ccc(Cl)c(Cl)c2)cc1. The molecule has 0 saturated carbocycles. The lowest BCUT2D eigenvalue weighted by Crippen LogP contribution is -2.38. The summed E-state index contributed by atoms with van der Waals surface area (Å²) < 4.78 is 56.3. The molecule has 13 heteroatoms. The molecule has 0 radical (unpaired) electrons. The Morgan fingerprint density at radius 2 is 1.39 bits per heavy atom. The summed E-state index contributed by atoms with van der Waals surface area (Å²) in [6.07, 6.45) is 0. The van der Waals surface area contributed by atoms with Gasteiger partial charge in [-0.3, -0.25) is 13.8 Å². The summed E-state index contributed by atoms with van der Waals surface area (Å²) in [5.74, 6) is -0.671. The number of amides is 1. The molecule has 0 atom stereocenters. The highest BCUT2D eigenvalue weighted by Gasteiger charge is 2.28. The molecule has 0 aliphatic carbocycles. The Hall–Kier alpha value is -3.28. The van der Waals surface area contributed by atoms with Gasteiger partial charge in [-0.15, -0.1) is 0 Å². The van der Waals surface area contributed by atoms with Crippen LogP contribution in [0.3, 0.4) is 0 Å². The number of rotatable bonds is 9. The molecule has 1 amide bonds. The molecule has 4 aromatic carbocycles. The number of carbonyl (C=O) groups excluding carboxylic acids is 1. The van der Waals surface area contributed by atoms with Gasteiger partial charge in [0.25, 0.3) is 20.0 Å². The van der Waals surface area contributed by atoms with Crippen molar-refractivity contribution in [3.05, 3.63) is 111 Å². The van der Waals surface area contributed by atoms with E-state index in [1.54, 1.807) is 31.2 Å². The average Bonchev–Trinajstić information content (AvgIpc) is 2.91. The smallest absolute Gasteiger partial charge is 0.264 e. The normalized spacial score (nSPS) is 11.6. The first-order valence-corrected chi connectivity index (χ1v) is 16.1. The van der Waals surface area contributed by atoms with Gasteiger partial charge in [-0.25, -0.2) is 16.8 Å². The van der Waals surface area contributed by atoms with Crippen LogP contribution in [-0.4, -0.2) is 29.3 Å². The molecule has 0 heterocycles. The summed E-state index contributed by atoms with van der Waals surface area (Å²) in [5, 5.41) is 3.33. The van der Waals surface area contributed by atoms with Crippen molar-refractivity contribution in [2.24, 2.45) is 0 Å². The highest BCUT2D eigenvalue weighted by molar-refractivity contribution is 7.93. The van der Waals surface area contributed by atoms with Crippen LogP contribution in [0.1, 0.15) is 11.1 Å². The zero-order chi connectivity index (χ0) is 29.9. The third-order valence-electron chi connectivity index (χ3n) is 5.98. The van der Waals surface area contributed by atoms with Crippen molar-refractivity contribution in [2.75, 3.05) is 20.9 Å². The van der Waals surface area contributed by atoms with Crippen LogP contribution in [0.5, 0.6) is 0 Å². The number of nitrogens with zero attached hydrogens (tertiary/aromatic N) is 1. The number of benzene rings is 4. The first kappa shape index (κ1) is 30.7. The van der Waals surface area contributed by atoms with E-state index < -0.39 is 32.5 Å². The maximum absolute atomic E-state index is 13.6. The van der Waals surface area contributed by atoms with Gasteiger partial charge in [-0.1, -0.05) is 58.6 Å². The minimum Gasteiger partial charge on any atom is -0.325 e. The van der Waals surface area contributed by atoms with Gasteiger partial charge in [0.2, 0.25) is 5.91 Å². The Bertz CT molecular complexity index is 1810. The van der Waals surface area contributed by atoms with Gasteiger partial charge in [0.1, 0.15) is 6.54 Å². The van der Waals surface area contributed by atoms with Crippen LogP contribution >= 0.6 is 34.8 Å². The molecule has 41 heavy (non-hydrogen) atoms. The predicted molar refractivity (Wildman–Crippen MR) is 164 cm³/mol. The maximum Gasteiger partial charge on any atom is 0.264 e. The van der Waals surface area contributed by atoms with Crippen LogP contribution in [0.15, 0.2) is 94.7 Å². The van der Waals surface area contributed by atoms with E-state index >= 15 is 0 Å². The maximum atomic E-state index is 13.6. The third-order valence-corrected chi connectivity index (χ3v) is 10.1. The van der Waals surface area contributed by atoms with E-state index in [0.29, 0.717) is 16.3 Å². The highest BCUT2D eigenvalue weighted by atomic mass is 35.5. The molecular weight excluding hydrogens is 629 g/mol. The van der Waals surface area contributed by atoms with Crippen molar-refractivity contribution in [1.82, 2.24) is 0 Å². The first-order chi connectivity index (χ1) is 19.3. The van der Waals surface area contributed by atoms with Crippen molar-refractivity contribution >= 4 is 77.8 Å². The second kappa shape index (κ2) is 12.3. The third kappa shape index (κ3) is 7.33. The van der Waals surface area contributed by atoms with E-state index in [1.807, 2.05) is 6.92 Å². The molecule has 0 aromatic heterocycles. The zero-order valence-corrected chi connectivity index (χ0v) is 25.6. The van der Waals surface area contributed by atoms with Crippen LogP contribution in [0.4, 0.5) is 17.1 Å². The lowest BCUT2D eigenvalue weighted by molar-refractivity contribution is -0.114. The fourth-order valence-electron chi connectivity index (χ4n) is 3.75. The first-order valence-electron chi connectivity index (χ1n) is 12.0. The number of carbonyl (C=O) groups is 1. The molecule has 214 valence electrons. The van der Waals surface area contributed by atoms with E-state index in [-0.39, 0.29) is 31.2 Å². The van der Waals surface area contributed by atoms with Gasteiger partial charge >= 0.3 is 0 Å². The summed E-state index contributed by atoms with van der Waals surface area (Å²) in [7, 11) is -8.12. The number of nitrogens with one attached hydrogen (secondary N) is 2. The number of anilines is 3. The minimum absolute atomic E-state index is 0.0148. The minimum atomic E-state index is -4.18. The van der Waals surface area contributed by atoms with Gasteiger partial charge in [-0.2, -0.15) is 0 Å². The topological polar surface area (TPSA) is 113 Å². The molecule has 0 aliphatic heterocycles. The fourth-order valence-corrected chi connectivity index (χ4v) is 6.75. The predicted octanol–water partition coefficient (Wildman–Crippen LogP) is 6.90. The van der Waals surface area contributed by atoms with Crippen molar-refractivity contribution in [3.8, 4) is 0 Å². The van der Waals surface area contributed by atoms with Crippen LogP contribution in [-0.2, 0) is 24.8 Å². The van der Waals surface area contributed by atoms with Crippen molar-refractivity contribution in [1.29, 1.82) is 0 Å². The largest absolute Gasteiger partial charge is 0.325 e. The average molecular weight is 653 g/mol. The Morgan fingerprint density at radius 1 is 0.756 bits per heavy atom. The number of hydrogen-bond donors (Lipinski definition) is 2. The molecule has 4 aromatic rings. The number of aryl methyl sites for hydroxylation is 2.